The van der Waals surface area contributed by atoms with Gasteiger partial charge in [-0.1, -0.05) is 37.8 Å². The van der Waals surface area contributed by atoms with Crippen molar-refractivity contribution in [3.63, 3.8) is 0 Å². The van der Waals surface area contributed by atoms with Gasteiger partial charge in [0.25, 0.3) is 0 Å². The number of anilines is 1. The molecule has 1 aliphatic carbocycles. The van der Waals surface area contributed by atoms with Gasteiger partial charge in [-0.2, -0.15) is 0 Å². The third kappa shape index (κ3) is 4.94. The molecule has 0 saturated heterocycles. The van der Waals surface area contributed by atoms with Crippen LogP contribution in [0.4, 0.5) is 5.69 Å². The number of nitrogens with two attached hydrogens (primary N) is 1. The lowest BCUT2D eigenvalue weighted by molar-refractivity contribution is -0.122. The van der Waals surface area contributed by atoms with Gasteiger partial charge >= 0.3 is 0 Å². The van der Waals surface area contributed by atoms with Gasteiger partial charge in [-0.15, -0.1) is 0 Å². The Bertz CT molecular complexity index is 426. The average molecular weight is 276 g/mol. The molecule has 0 heterocycles. The van der Waals surface area contributed by atoms with Crippen LogP contribution in [0.2, 0.25) is 0 Å². The van der Waals surface area contributed by atoms with Gasteiger partial charge < -0.3 is 15.8 Å². The van der Waals surface area contributed by atoms with Crippen LogP contribution in [0.3, 0.4) is 0 Å². The van der Waals surface area contributed by atoms with Crippen molar-refractivity contribution in [2.45, 2.75) is 51.2 Å². The fraction of sp³-hybridized carbons (Fsp3) is 0.562. The minimum Gasteiger partial charge on any atom is -0.368 e. The maximum absolute atomic E-state index is 11.9. The molecule has 0 spiro atoms. The van der Waals surface area contributed by atoms with Crippen LogP contribution in [0.25, 0.3) is 0 Å². The zero-order valence-electron chi connectivity index (χ0n) is 11.9. The number of benzene rings is 1. The van der Waals surface area contributed by atoms with Gasteiger partial charge in [0, 0.05) is 12.2 Å². The van der Waals surface area contributed by atoms with Gasteiger partial charge in [-0.05, 0) is 30.5 Å². The highest BCUT2D eigenvalue weighted by atomic mass is 16.5. The fourth-order valence-electron chi connectivity index (χ4n) is 2.58. The Kier molecular flexibility index (Phi) is 6.02. The summed E-state index contributed by atoms with van der Waals surface area (Å²) in [4.78, 5) is 11.9. The lowest BCUT2D eigenvalue weighted by atomic mass is 10.1. The molecular weight excluding hydrogens is 252 g/mol. The molecule has 110 valence electrons. The number of carbonyl (C=O) groups is 1. The summed E-state index contributed by atoms with van der Waals surface area (Å²) in [6, 6.07) is 7.59. The number of ether oxygens (including phenoxy) is 1. The molecule has 0 bridgehead atoms. The van der Waals surface area contributed by atoms with E-state index in [1.807, 2.05) is 24.3 Å². The molecule has 4 heteroatoms. The van der Waals surface area contributed by atoms with E-state index in [-0.39, 0.29) is 18.6 Å². The molecule has 1 aromatic rings. The zero-order chi connectivity index (χ0) is 14.2. The van der Waals surface area contributed by atoms with E-state index in [2.05, 4.69) is 5.32 Å². The largest absolute Gasteiger partial charge is 0.368 e. The molecule has 1 saturated carbocycles. The quantitative estimate of drug-likeness (QED) is 0.813. The Morgan fingerprint density at radius 1 is 1.25 bits per heavy atom. The molecular formula is C16H24N2O2. The van der Waals surface area contributed by atoms with E-state index in [9.17, 15) is 4.79 Å². The van der Waals surface area contributed by atoms with Crippen molar-refractivity contribution in [1.82, 2.24) is 0 Å². The molecule has 20 heavy (non-hydrogen) atoms. The Labute approximate surface area is 120 Å². The molecule has 0 unspecified atom stereocenters. The van der Waals surface area contributed by atoms with Crippen molar-refractivity contribution in [2.24, 2.45) is 5.73 Å². The van der Waals surface area contributed by atoms with E-state index in [1.165, 1.54) is 25.7 Å². The van der Waals surface area contributed by atoms with Crippen molar-refractivity contribution in [3.8, 4) is 0 Å². The van der Waals surface area contributed by atoms with Crippen molar-refractivity contribution in [3.05, 3.63) is 29.8 Å². The number of hydrogen-bond donors (Lipinski definition) is 2. The van der Waals surface area contributed by atoms with Gasteiger partial charge in [-0.25, -0.2) is 0 Å². The predicted molar refractivity (Wildman–Crippen MR) is 80.4 cm³/mol. The second kappa shape index (κ2) is 8.02. The number of amides is 1. The molecule has 0 radical (unpaired) electrons. The number of rotatable bonds is 5. The van der Waals surface area contributed by atoms with Crippen LogP contribution in [-0.4, -0.2) is 18.6 Å². The number of nitrogens with one attached hydrogen (secondary N) is 1. The molecule has 3 N–H and O–H groups in total. The van der Waals surface area contributed by atoms with Crippen LogP contribution < -0.4 is 11.1 Å². The molecule has 0 aliphatic heterocycles. The molecule has 4 nitrogen and oxygen atoms in total. The topological polar surface area (TPSA) is 64.3 Å². The lowest BCUT2D eigenvalue weighted by Crippen LogP contribution is -2.23. The molecule has 1 fully saturated rings. The monoisotopic (exact) mass is 276 g/mol. The first-order valence-corrected chi connectivity index (χ1v) is 7.48. The Morgan fingerprint density at radius 2 is 2.00 bits per heavy atom. The van der Waals surface area contributed by atoms with E-state index in [1.54, 1.807) is 0 Å². The molecule has 0 atom stereocenters. The third-order valence-electron chi connectivity index (χ3n) is 3.70. The Hall–Kier alpha value is -1.39. The smallest absolute Gasteiger partial charge is 0.250 e. The maximum Gasteiger partial charge on any atom is 0.250 e. The van der Waals surface area contributed by atoms with Gasteiger partial charge in [-0.3, -0.25) is 4.79 Å². The average Bonchev–Trinajstić information content (AvgIpc) is 2.74. The zero-order valence-corrected chi connectivity index (χ0v) is 11.9. The summed E-state index contributed by atoms with van der Waals surface area (Å²) < 4.78 is 5.72. The van der Waals surface area contributed by atoms with E-state index in [0.29, 0.717) is 6.54 Å². The lowest BCUT2D eigenvalue weighted by Gasteiger charge is -2.15. The van der Waals surface area contributed by atoms with Crippen LogP contribution in [0.15, 0.2) is 24.3 Å². The predicted octanol–water partition coefficient (Wildman–Crippen LogP) is 2.82. The van der Waals surface area contributed by atoms with E-state index in [0.717, 1.165) is 24.1 Å². The van der Waals surface area contributed by atoms with Crippen LogP contribution in [0, 0.1) is 0 Å². The third-order valence-corrected chi connectivity index (χ3v) is 3.70. The minimum absolute atomic E-state index is 0.0941. The van der Waals surface area contributed by atoms with Crippen molar-refractivity contribution >= 4 is 11.6 Å². The first-order chi connectivity index (χ1) is 9.78. The van der Waals surface area contributed by atoms with Crippen molar-refractivity contribution in [2.75, 3.05) is 11.9 Å². The molecule has 2 rings (SSSR count). The van der Waals surface area contributed by atoms with Crippen LogP contribution >= 0.6 is 0 Å². The van der Waals surface area contributed by atoms with Gasteiger partial charge in [0.15, 0.2) is 0 Å². The highest BCUT2D eigenvalue weighted by molar-refractivity contribution is 5.91. The maximum atomic E-state index is 11.9. The second-order valence-corrected chi connectivity index (χ2v) is 5.38. The summed E-state index contributed by atoms with van der Waals surface area (Å²) in [5.41, 5.74) is 7.37. The van der Waals surface area contributed by atoms with Crippen LogP contribution in [-0.2, 0) is 16.1 Å². The molecule has 0 aromatic heterocycles. The van der Waals surface area contributed by atoms with Gasteiger partial charge in [0.2, 0.25) is 5.91 Å². The summed E-state index contributed by atoms with van der Waals surface area (Å²) in [6.07, 6.45) is 7.41. The van der Waals surface area contributed by atoms with Crippen LogP contribution in [0.5, 0.6) is 0 Å². The summed E-state index contributed by atoms with van der Waals surface area (Å²) in [7, 11) is 0. The molecule has 1 aromatic carbocycles. The first-order valence-electron chi connectivity index (χ1n) is 7.48. The molecule has 1 amide bonds. The fourth-order valence-corrected chi connectivity index (χ4v) is 2.58. The number of hydrogen-bond acceptors (Lipinski definition) is 3. The standard InChI is InChI=1S/C16H24N2O2/c17-11-13-6-5-7-14(10-13)18-16(19)12-20-15-8-3-1-2-4-9-15/h5-7,10,15H,1-4,8-9,11-12,17H2,(H,18,19). The highest BCUT2D eigenvalue weighted by Crippen LogP contribution is 2.19. The van der Waals surface area contributed by atoms with Gasteiger partial charge in [0.1, 0.15) is 6.61 Å². The van der Waals surface area contributed by atoms with Crippen molar-refractivity contribution < 1.29 is 9.53 Å². The van der Waals surface area contributed by atoms with Crippen molar-refractivity contribution in [1.29, 1.82) is 0 Å². The first kappa shape index (κ1) is 15.0. The summed E-state index contributed by atoms with van der Waals surface area (Å²) in [5.74, 6) is -0.0941. The number of carbonyl (C=O) groups excluding carboxylic acids is 1. The summed E-state index contributed by atoms with van der Waals surface area (Å²) in [6.45, 7) is 0.611. The summed E-state index contributed by atoms with van der Waals surface area (Å²) in [5, 5.41) is 2.85. The normalized spacial score (nSPS) is 16.6. The Balaban J connectivity index is 1.76. The highest BCUT2D eigenvalue weighted by Gasteiger charge is 2.14. The van der Waals surface area contributed by atoms with E-state index in [4.69, 9.17) is 10.5 Å². The second-order valence-electron chi connectivity index (χ2n) is 5.38. The van der Waals surface area contributed by atoms with Gasteiger partial charge in [0.05, 0.1) is 6.10 Å². The molecule has 1 aliphatic rings. The van der Waals surface area contributed by atoms with Crippen LogP contribution in [0.1, 0.15) is 44.1 Å². The summed E-state index contributed by atoms with van der Waals surface area (Å²) >= 11 is 0. The van der Waals surface area contributed by atoms with E-state index < -0.39 is 0 Å². The SMILES string of the molecule is NCc1cccc(NC(=O)COC2CCCCCC2)c1. The Morgan fingerprint density at radius 3 is 2.70 bits per heavy atom. The minimum atomic E-state index is -0.0941. The van der Waals surface area contributed by atoms with E-state index >= 15 is 0 Å².